The fourth-order valence-electron chi connectivity index (χ4n) is 3.34. The minimum absolute atomic E-state index is 0. The van der Waals surface area contributed by atoms with Gasteiger partial charge in [-0.05, 0) is 55.7 Å². The van der Waals surface area contributed by atoms with Gasteiger partial charge in [0.05, 0.1) is 6.54 Å². The summed E-state index contributed by atoms with van der Waals surface area (Å²) in [6.07, 6.45) is 2.09. The van der Waals surface area contributed by atoms with E-state index in [0.717, 1.165) is 49.7 Å². The standard InChI is InChI=1S/C21H27FN4O.HI/c1-2-23-21(24-14-16-6-3-10-20(27)12-16)25-18-8-5-11-26(15-18)19-9-4-7-17(22)13-19;/h3-4,6-7,9-10,12-13,18,27H,2,5,8,11,14-15H2,1H3,(H2,23,24,25);1H. The molecule has 1 atom stereocenters. The number of benzene rings is 2. The quantitative estimate of drug-likeness (QED) is 0.333. The van der Waals surface area contributed by atoms with Crippen LogP contribution < -0.4 is 15.5 Å². The molecule has 0 aromatic heterocycles. The number of hydrogen-bond acceptors (Lipinski definition) is 3. The third-order valence-corrected chi connectivity index (χ3v) is 4.61. The number of piperidine rings is 1. The molecule has 0 radical (unpaired) electrons. The van der Waals surface area contributed by atoms with Crippen molar-refractivity contribution in [2.45, 2.75) is 32.4 Å². The van der Waals surface area contributed by atoms with Crippen LogP contribution in [0.15, 0.2) is 53.5 Å². The Kier molecular flexibility index (Phi) is 8.82. The van der Waals surface area contributed by atoms with E-state index >= 15 is 0 Å². The van der Waals surface area contributed by atoms with Crippen LogP contribution in [0, 0.1) is 5.82 Å². The molecular weight excluding hydrogens is 470 g/mol. The number of phenols is 1. The van der Waals surface area contributed by atoms with Crippen molar-refractivity contribution in [1.29, 1.82) is 0 Å². The number of halogens is 2. The summed E-state index contributed by atoms with van der Waals surface area (Å²) in [5, 5.41) is 16.4. The molecule has 1 aliphatic rings. The summed E-state index contributed by atoms with van der Waals surface area (Å²) < 4.78 is 13.5. The van der Waals surface area contributed by atoms with E-state index in [0.29, 0.717) is 6.54 Å². The molecule has 2 aromatic rings. The number of nitrogens with one attached hydrogen (secondary N) is 2. The van der Waals surface area contributed by atoms with Crippen LogP contribution in [-0.4, -0.2) is 36.7 Å². The Morgan fingerprint density at radius 2 is 2.07 bits per heavy atom. The van der Waals surface area contributed by atoms with Gasteiger partial charge in [0.2, 0.25) is 0 Å². The van der Waals surface area contributed by atoms with Crippen LogP contribution >= 0.6 is 24.0 Å². The molecule has 0 spiro atoms. The molecule has 152 valence electrons. The van der Waals surface area contributed by atoms with Crippen molar-refractivity contribution in [3.8, 4) is 5.75 Å². The van der Waals surface area contributed by atoms with Crippen molar-refractivity contribution >= 4 is 35.6 Å². The highest BCUT2D eigenvalue weighted by Crippen LogP contribution is 2.20. The second-order valence-electron chi connectivity index (χ2n) is 6.77. The van der Waals surface area contributed by atoms with Crippen LogP contribution in [-0.2, 0) is 6.54 Å². The van der Waals surface area contributed by atoms with Crippen molar-refractivity contribution < 1.29 is 9.50 Å². The second kappa shape index (κ2) is 11.1. The van der Waals surface area contributed by atoms with Gasteiger partial charge in [0.25, 0.3) is 0 Å². The number of aromatic hydroxyl groups is 1. The van der Waals surface area contributed by atoms with Crippen LogP contribution in [0.4, 0.5) is 10.1 Å². The third-order valence-electron chi connectivity index (χ3n) is 4.61. The fourth-order valence-corrected chi connectivity index (χ4v) is 3.34. The van der Waals surface area contributed by atoms with Gasteiger partial charge in [0.15, 0.2) is 5.96 Å². The number of guanidine groups is 1. The highest BCUT2D eigenvalue weighted by Gasteiger charge is 2.21. The Labute approximate surface area is 183 Å². The van der Waals surface area contributed by atoms with Gasteiger partial charge in [-0.3, -0.25) is 0 Å². The van der Waals surface area contributed by atoms with Crippen molar-refractivity contribution in [2.24, 2.45) is 4.99 Å². The van der Waals surface area contributed by atoms with Crippen molar-refractivity contribution in [3.63, 3.8) is 0 Å². The molecule has 1 aliphatic heterocycles. The maximum Gasteiger partial charge on any atom is 0.191 e. The first-order valence-electron chi connectivity index (χ1n) is 9.47. The molecule has 3 rings (SSSR count). The average Bonchev–Trinajstić information content (AvgIpc) is 2.67. The van der Waals surface area contributed by atoms with Crippen LogP contribution in [0.25, 0.3) is 0 Å². The normalized spacial score (nSPS) is 17.0. The summed E-state index contributed by atoms with van der Waals surface area (Å²) in [6.45, 7) is 5.03. The van der Waals surface area contributed by atoms with Crippen molar-refractivity contribution in [1.82, 2.24) is 10.6 Å². The number of anilines is 1. The minimum Gasteiger partial charge on any atom is -0.508 e. The van der Waals surface area contributed by atoms with Gasteiger partial charge in [-0.15, -0.1) is 24.0 Å². The molecule has 5 nitrogen and oxygen atoms in total. The van der Waals surface area contributed by atoms with E-state index in [1.807, 2.05) is 25.1 Å². The topological polar surface area (TPSA) is 59.9 Å². The van der Waals surface area contributed by atoms with Crippen molar-refractivity contribution in [3.05, 3.63) is 59.9 Å². The van der Waals surface area contributed by atoms with Gasteiger partial charge >= 0.3 is 0 Å². The Morgan fingerprint density at radius 3 is 2.82 bits per heavy atom. The Balaban J connectivity index is 0.00000280. The van der Waals surface area contributed by atoms with E-state index in [-0.39, 0.29) is 41.6 Å². The molecule has 1 fully saturated rings. The maximum absolute atomic E-state index is 13.5. The molecule has 28 heavy (non-hydrogen) atoms. The number of phenolic OH excluding ortho intramolecular Hbond substituents is 1. The first-order chi connectivity index (χ1) is 13.1. The smallest absolute Gasteiger partial charge is 0.191 e. The summed E-state index contributed by atoms with van der Waals surface area (Å²) in [6, 6.07) is 14.1. The molecule has 1 saturated heterocycles. The largest absolute Gasteiger partial charge is 0.508 e. The van der Waals surface area contributed by atoms with Crippen LogP contribution in [0.2, 0.25) is 0 Å². The number of aliphatic imine (C=N–C) groups is 1. The van der Waals surface area contributed by atoms with Crippen molar-refractivity contribution in [2.75, 3.05) is 24.5 Å². The number of rotatable bonds is 5. The monoisotopic (exact) mass is 498 g/mol. The van der Waals surface area contributed by atoms with Gasteiger partial charge in [-0.2, -0.15) is 0 Å². The lowest BCUT2D eigenvalue weighted by atomic mass is 10.0. The SMILES string of the molecule is CCNC(=NCc1cccc(O)c1)NC1CCCN(c2cccc(F)c2)C1.I. The zero-order valence-corrected chi connectivity index (χ0v) is 18.4. The minimum atomic E-state index is -0.205. The Bertz CT molecular complexity index is 787. The number of hydrogen-bond donors (Lipinski definition) is 3. The van der Waals surface area contributed by atoms with Gasteiger partial charge in [0.1, 0.15) is 11.6 Å². The Hall–Kier alpha value is -2.03. The van der Waals surface area contributed by atoms with Crippen LogP contribution in [0.5, 0.6) is 5.75 Å². The van der Waals surface area contributed by atoms with Crippen LogP contribution in [0.1, 0.15) is 25.3 Å². The summed E-state index contributed by atoms with van der Waals surface area (Å²) in [4.78, 5) is 6.85. The summed E-state index contributed by atoms with van der Waals surface area (Å²) >= 11 is 0. The highest BCUT2D eigenvalue weighted by molar-refractivity contribution is 14.0. The second-order valence-corrected chi connectivity index (χ2v) is 6.77. The van der Waals surface area contributed by atoms with E-state index in [2.05, 4.69) is 20.5 Å². The lowest BCUT2D eigenvalue weighted by Crippen LogP contribution is -2.51. The van der Waals surface area contributed by atoms with E-state index in [1.54, 1.807) is 24.3 Å². The summed E-state index contributed by atoms with van der Waals surface area (Å²) in [5.74, 6) is 0.800. The summed E-state index contributed by atoms with van der Waals surface area (Å²) in [7, 11) is 0. The molecule has 0 saturated carbocycles. The average molecular weight is 498 g/mol. The van der Waals surface area contributed by atoms with Gasteiger partial charge in [-0.1, -0.05) is 18.2 Å². The molecule has 2 aromatic carbocycles. The molecule has 1 heterocycles. The zero-order chi connectivity index (χ0) is 19.1. The van der Waals surface area contributed by atoms with Crippen LogP contribution in [0.3, 0.4) is 0 Å². The maximum atomic E-state index is 13.5. The predicted octanol–water partition coefficient (Wildman–Crippen LogP) is 3.87. The third kappa shape index (κ3) is 6.54. The lowest BCUT2D eigenvalue weighted by Gasteiger charge is -2.35. The number of nitrogens with zero attached hydrogens (tertiary/aromatic N) is 2. The zero-order valence-electron chi connectivity index (χ0n) is 16.1. The van der Waals surface area contributed by atoms with E-state index in [4.69, 9.17) is 0 Å². The van der Waals surface area contributed by atoms with E-state index in [9.17, 15) is 9.50 Å². The van der Waals surface area contributed by atoms with Gasteiger partial charge in [-0.25, -0.2) is 9.38 Å². The molecule has 0 bridgehead atoms. The molecule has 0 aliphatic carbocycles. The predicted molar refractivity (Wildman–Crippen MR) is 123 cm³/mol. The van der Waals surface area contributed by atoms with E-state index < -0.39 is 0 Å². The van der Waals surface area contributed by atoms with Gasteiger partial charge in [0, 0.05) is 31.4 Å². The van der Waals surface area contributed by atoms with Gasteiger partial charge < -0.3 is 20.6 Å². The first-order valence-corrected chi connectivity index (χ1v) is 9.47. The fraction of sp³-hybridized carbons (Fsp3) is 0.381. The molecule has 7 heteroatoms. The summed E-state index contributed by atoms with van der Waals surface area (Å²) in [5.41, 5.74) is 1.88. The lowest BCUT2D eigenvalue weighted by molar-refractivity contribution is 0.467. The Morgan fingerprint density at radius 1 is 1.25 bits per heavy atom. The first kappa shape index (κ1) is 22.3. The molecule has 0 amide bonds. The highest BCUT2D eigenvalue weighted by atomic mass is 127. The molecule has 1 unspecified atom stereocenters. The van der Waals surface area contributed by atoms with E-state index in [1.165, 1.54) is 6.07 Å². The molecule has 3 N–H and O–H groups in total. The molecular formula is C21H28FIN4O.